The summed E-state index contributed by atoms with van der Waals surface area (Å²) in [4.78, 5) is 11.0. The molecule has 1 N–H and O–H groups in total. The number of rotatable bonds is 7. The zero-order chi connectivity index (χ0) is 14.6. The molecule has 0 aliphatic carbocycles. The van der Waals surface area contributed by atoms with Crippen LogP contribution in [0, 0.1) is 10.1 Å². The first-order chi connectivity index (χ1) is 8.92. The summed E-state index contributed by atoms with van der Waals surface area (Å²) in [5.41, 5.74) is 0.661. The van der Waals surface area contributed by atoms with Gasteiger partial charge in [0.2, 0.25) is 5.82 Å². The molecule has 6 nitrogen and oxygen atoms in total. The Morgan fingerprint density at radius 2 is 2.05 bits per heavy atom. The van der Waals surface area contributed by atoms with Crippen molar-refractivity contribution < 1.29 is 4.92 Å². The summed E-state index contributed by atoms with van der Waals surface area (Å²) in [5, 5.41) is 18.9. The third-order valence-electron chi connectivity index (χ3n) is 3.25. The van der Waals surface area contributed by atoms with Gasteiger partial charge in [-0.05, 0) is 12.8 Å². The van der Waals surface area contributed by atoms with Gasteiger partial charge in [0.05, 0.1) is 4.92 Å². The van der Waals surface area contributed by atoms with Crippen LogP contribution in [-0.2, 0) is 7.05 Å². The zero-order valence-corrected chi connectivity index (χ0v) is 12.4. The Kier molecular flexibility index (Phi) is 5.32. The Balaban J connectivity index is 3.15. The van der Waals surface area contributed by atoms with Crippen LogP contribution in [0.5, 0.6) is 0 Å². The molecule has 0 saturated heterocycles. The van der Waals surface area contributed by atoms with E-state index in [2.05, 4.69) is 24.3 Å². The van der Waals surface area contributed by atoms with Crippen molar-refractivity contribution in [2.45, 2.75) is 58.9 Å². The van der Waals surface area contributed by atoms with Crippen LogP contribution < -0.4 is 5.32 Å². The van der Waals surface area contributed by atoms with E-state index in [1.807, 2.05) is 13.8 Å². The van der Waals surface area contributed by atoms with Gasteiger partial charge in [-0.25, -0.2) is 4.68 Å². The van der Waals surface area contributed by atoms with E-state index in [1.54, 1.807) is 11.7 Å². The van der Waals surface area contributed by atoms with Crippen LogP contribution in [0.15, 0.2) is 0 Å². The molecular weight excluding hydrogens is 244 g/mol. The average molecular weight is 268 g/mol. The lowest BCUT2D eigenvalue weighted by Crippen LogP contribution is -2.20. The summed E-state index contributed by atoms with van der Waals surface area (Å²) in [6.45, 7) is 8.03. The van der Waals surface area contributed by atoms with Crippen LogP contribution in [-0.4, -0.2) is 20.7 Å². The van der Waals surface area contributed by atoms with Crippen LogP contribution in [0.1, 0.15) is 58.6 Å². The minimum Gasteiger partial charge on any atom is -0.362 e. The Bertz CT molecular complexity index is 440. The van der Waals surface area contributed by atoms with Gasteiger partial charge in [-0.1, -0.05) is 34.1 Å². The maximum Gasteiger partial charge on any atom is 0.334 e. The largest absolute Gasteiger partial charge is 0.362 e. The zero-order valence-electron chi connectivity index (χ0n) is 12.4. The van der Waals surface area contributed by atoms with Crippen molar-refractivity contribution in [3.8, 4) is 0 Å². The van der Waals surface area contributed by atoms with Crippen molar-refractivity contribution in [2.24, 2.45) is 7.05 Å². The first-order valence-corrected chi connectivity index (χ1v) is 6.90. The molecule has 0 aliphatic heterocycles. The van der Waals surface area contributed by atoms with Crippen LogP contribution in [0.2, 0.25) is 0 Å². The Morgan fingerprint density at radius 3 is 2.47 bits per heavy atom. The quantitative estimate of drug-likeness (QED) is 0.607. The van der Waals surface area contributed by atoms with Gasteiger partial charge < -0.3 is 5.32 Å². The molecule has 0 bridgehead atoms. The molecule has 19 heavy (non-hydrogen) atoms. The molecule has 1 aromatic heterocycles. The molecule has 108 valence electrons. The highest BCUT2D eigenvalue weighted by molar-refractivity contribution is 5.61. The van der Waals surface area contributed by atoms with E-state index in [0.29, 0.717) is 11.5 Å². The maximum absolute atomic E-state index is 11.3. The lowest BCUT2D eigenvalue weighted by atomic mass is 10.1. The van der Waals surface area contributed by atoms with E-state index < -0.39 is 0 Å². The van der Waals surface area contributed by atoms with Gasteiger partial charge in [0, 0.05) is 19.0 Å². The number of nitro groups is 1. The summed E-state index contributed by atoms with van der Waals surface area (Å²) < 4.78 is 1.59. The monoisotopic (exact) mass is 268 g/mol. The number of aryl methyl sites for hydroxylation is 1. The highest BCUT2D eigenvalue weighted by Crippen LogP contribution is 2.33. The average Bonchev–Trinajstić information content (AvgIpc) is 2.66. The summed E-state index contributed by atoms with van der Waals surface area (Å²) >= 11 is 0. The molecule has 6 heteroatoms. The van der Waals surface area contributed by atoms with E-state index in [4.69, 9.17) is 0 Å². The molecular formula is C13H24N4O2. The van der Waals surface area contributed by atoms with Gasteiger partial charge in [-0.15, -0.1) is 0 Å². The van der Waals surface area contributed by atoms with Crippen molar-refractivity contribution in [3.63, 3.8) is 0 Å². The predicted molar refractivity (Wildman–Crippen MR) is 76.6 cm³/mol. The summed E-state index contributed by atoms with van der Waals surface area (Å²) in [5.74, 6) is 0.558. The fourth-order valence-corrected chi connectivity index (χ4v) is 2.18. The van der Waals surface area contributed by atoms with E-state index in [0.717, 1.165) is 19.3 Å². The second-order valence-corrected chi connectivity index (χ2v) is 5.16. The molecule has 0 aromatic carbocycles. The predicted octanol–water partition coefficient (Wildman–Crippen LogP) is 3.44. The lowest BCUT2D eigenvalue weighted by Gasteiger charge is -2.16. The minimum absolute atomic E-state index is 0.0356. The summed E-state index contributed by atoms with van der Waals surface area (Å²) in [7, 11) is 1.75. The van der Waals surface area contributed by atoms with Crippen LogP contribution in [0.4, 0.5) is 11.5 Å². The van der Waals surface area contributed by atoms with Gasteiger partial charge >= 0.3 is 5.69 Å². The molecule has 1 aromatic rings. The number of nitrogens with one attached hydrogen (secondary N) is 1. The fourth-order valence-electron chi connectivity index (χ4n) is 2.18. The molecule has 1 rings (SSSR count). The minimum atomic E-state index is -0.330. The van der Waals surface area contributed by atoms with Crippen LogP contribution >= 0.6 is 0 Å². The van der Waals surface area contributed by atoms with Gasteiger partial charge in [0.1, 0.15) is 5.69 Å². The molecule has 1 heterocycles. The van der Waals surface area contributed by atoms with Crippen molar-refractivity contribution in [2.75, 3.05) is 5.32 Å². The van der Waals surface area contributed by atoms with Crippen LogP contribution in [0.25, 0.3) is 0 Å². The second-order valence-electron chi connectivity index (χ2n) is 5.16. The molecule has 0 fully saturated rings. The molecule has 0 spiro atoms. The van der Waals surface area contributed by atoms with Crippen molar-refractivity contribution in [3.05, 3.63) is 15.8 Å². The smallest absolute Gasteiger partial charge is 0.334 e. The first kappa shape index (κ1) is 15.5. The van der Waals surface area contributed by atoms with Gasteiger partial charge in [0.25, 0.3) is 0 Å². The third-order valence-corrected chi connectivity index (χ3v) is 3.25. The summed E-state index contributed by atoms with van der Waals surface area (Å²) in [6, 6.07) is 0.249. The summed E-state index contributed by atoms with van der Waals surface area (Å²) in [6.07, 6.45) is 2.98. The van der Waals surface area contributed by atoms with Crippen molar-refractivity contribution in [1.29, 1.82) is 0 Å². The van der Waals surface area contributed by atoms with E-state index >= 15 is 0 Å². The topological polar surface area (TPSA) is 73.0 Å². The van der Waals surface area contributed by atoms with Gasteiger partial charge in [-0.3, -0.25) is 10.1 Å². The number of hydrogen-bond acceptors (Lipinski definition) is 4. The number of aromatic nitrogens is 2. The number of nitrogens with zero attached hydrogens (tertiary/aromatic N) is 3. The van der Waals surface area contributed by atoms with E-state index in [1.165, 1.54) is 0 Å². The number of hydrogen-bond donors (Lipinski definition) is 1. The highest BCUT2D eigenvalue weighted by Gasteiger charge is 2.29. The van der Waals surface area contributed by atoms with Crippen molar-refractivity contribution in [1.82, 2.24) is 9.78 Å². The van der Waals surface area contributed by atoms with Gasteiger partial charge in [-0.2, -0.15) is 5.10 Å². The standard InChI is InChI=1S/C13H24N4O2/c1-6-8-10(7-2)14-13-12(17(18)19)11(9(3)4)15-16(13)5/h9-10,14H,6-8H2,1-5H3. The van der Waals surface area contributed by atoms with Gasteiger partial charge in [0.15, 0.2) is 0 Å². The Hall–Kier alpha value is -1.59. The molecule has 0 saturated carbocycles. The molecule has 1 atom stereocenters. The Labute approximate surface area is 114 Å². The number of anilines is 1. The maximum atomic E-state index is 11.3. The second kappa shape index (κ2) is 6.54. The first-order valence-electron chi connectivity index (χ1n) is 6.90. The lowest BCUT2D eigenvalue weighted by molar-refractivity contribution is -0.384. The van der Waals surface area contributed by atoms with Crippen LogP contribution in [0.3, 0.4) is 0 Å². The fraction of sp³-hybridized carbons (Fsp3) is 0.769. The Morgan fingerprint density at radius 1 is 1.42 bits per heavy atom. The van der Waals surface area contributed by atoms with E-state index in [9.17, 15) is 10.1 Å². The van der Waals surface area contributed by atoms with E-state index in [-0.39, 0.29) is 22.6 Å². The molecule has 0 radical (unpaired) electrons. The normalized spacial score (nSPS) is 12.7. The SMILES string of the molecule is CCCC(CC)Nc1c([N+](=O)[O-])c(C(C)C)nn1C. The molecule has 0 amide bonds. The third kappa shape index (κ3) is 3.45. The molecule has 1 unspecified atom stereocenters. The van der Waals surface area contributed by atoms with Crippen molar-refractivity contribution >= 4 is 11.5 Å². The highest BCUT2D eigenvalue weighted by atomic mass is 16.6. The molecule has 0 aliphatic rings.